The molecule has 0 amide bonds. The highest BCUT2D eigenvalue weighted by Crippen LogP contribution is 2.30. The Hall–Kier alpha value is -0.130. The van der Waals surface area contributed by atoms with Gasteiger partial charge in [0.05, 0.1) is 5.75 Å². The van der Waals surface area contributed by atoms with Crippen molar-refractivity contribution in [1.29, 1.82) is 0 Å². The molecular weight excluding hydrogens is 226 g/mol. The Bertz CT molecular complexity index is 307. The number of aliphatic hydroxyl groups is 1. The van der Waals surface area contributed by atoms with Crippen molar-refractivity contribution in [1.82, 2.24) is 4.72 Å². The van der Waals surface area contributed by atoms with Crippen LogP contribution < -0.4 is 4.72 Å². The largest absolute Gasteiger partial charge is 0.396 e. The van der Waals surface area contributed by atoms with Crippen LogP contribution in [0.2, 0.25) is 0 Å². The lowest BCUT2D eigenvalue weighted by Crippen LogP contribution is -2.35. The lowest BCUT2D eigenvalue weighted by Gasteiger charge is -2.24. The molecule has 1 aliphatic rings. The first-order chi connectivity index (χ1) is 7.35. The molecule has 0 aliphatic heterocycles. The Morgan fingerprint density at radius 1 is 1.38 bits per heavy atom. The van der Waals surface area contributed by atoms with Gasteiger partial charge in [0.25, 0.3) is 0 Å². The molecule has 1 saturated carbocycles. The second kappa shape index (κ2) is 5.47. The van der Waals surface area contributed by atoms with Gasteiger partial charge in [-0.1, -0.05) is 13.8 Å². The van der Waals surface area contributed by atoms with E-state index in [0.29, 0.717) is 12.5 Å². The summed E-state index contributed by atoms with van der Waals surface area (Å²) in [5.41, 5.74) is -0.0840. The molecule has 0 heterocycles. The summed E-state index contributed by atoms with van der Waals surface area (Å²) in [7, 11) is -3.09. The molecule has 96 valence electrons. The van der Waals surface area contributed by atoms with Crippen molar-refractivity contribution in [2.45, 2.75) is 39.5 Å². The fraction of sp³-hybridized carbons (Fsp3) is 1.00. The Balaban J connectivity index is 2.30. The fourth-order valence-corrected chi connectivity index (χ4v) is 3.29. The minimum atomic E-state index is -3.09. The first kappa shape index (κ1) is 13.9. The van der Waals surface area contributed by atoms with E-state index < -0.39 is 10.0 Å². The monoisotopic (exact) mass is 249 g/mol. The van der Waals surface area contributed by atoms with Crippen molar-refractivity contribution in [2.75, 3.05) is 18.9 Å². The van der Waals surface area contributed by atoms with E-state index in [-0.39, 0.29) is 17.8 Å². The standard InChI is InChI=1S/C11H23NO3S/c1-11(2,6-3-7-13)9-12-16(14,15)8-10-4-5-10/h10,12-13H,3-9H2,1-2H3. The molecule has 16 heavy (non-hydrogen) atoms. The molecule has 4 nitrogen and oxygen atoms in total. The number of aliphatic hydroxyl groups excluding tert-OH is 1. The first-order valence-corrected chi connectivity index (χ1v) is 7.58. The van der Waals surface area contributed by atoms with Gasteiger partial charge in [-0.2, -0.15) is 0 Å². The highest BCUT2D eigenvalue weighted by molar-refractivity contribution is 7.89. The fourth-order valence-electron chi connectivity index (χ4n) is 1.61. The average Bonchev–Trinajstić information content (AvgIpc) is 2.95. The molecule has 0 aromatic carbocycles. The molecule has 0 radical (unpaired) electrons. The number of hydrogen-bond acceptors (Lipinski definition) is 3. The minimum absolute atomic E-state index is 0.0840. The lowest BCUT2D eigenvalue weighted by atomic mass is 9.88. The van der Waals surface area contributed by atoms with Crippen LogP contribution in [-0.4, -0.2) is 32.4 Å². The number of rotatable bonds is 8. The van der Waals surface area contributed by atoms with E-state index in [2.05, 4.69) is 4.72 Å². The zero-order valence-electron chi connectivity index (χ0n) is 10.2. The zero-order chi connectivity index (χ0) is 12.2. The quantitative estimate of drug-likeness (QED) is 0.677. The molecule has 0 aromatic rings. The van der Waals surface area contributed by atoms with Gasteiger partial charge in [-0.15, -0.1) is 0 Å². The maximum atomic E-state index is 11.6. The van der Waals surface area contributed by atoms with E-state index in [0.717, 1.165) is 25.7 Å². The summed E-state index contributed by atoms with van der Waals surface area (Å²) in [5, 5.41) is 8.75. The molecule has 1 aliphatic carbocycles. The smallest absolute Gasteiger partial charge is 0.211 e. The summed E-state index contributed by atoms with van der Waals surface area (Å²) in [4.78, 5) is 0. The molecule has 0 saturated heterocycles. The third kappa shape index (κ3) is 5.82. The van der Waals surface area contributed by atoms with Gasteiger partial charge in [0.2, 0.25) is 10.0 Å². The summed E-state index contributed by atoms with van der Waals surface area (Å²) in [6.07, 6.45) is 3.65. The van der Waals surface area contributed by atoms with Crippen LogP contribution in [0.4, 0.5) is 0 Å². The van der Waals surface area contributed by atoms with Crippen molar-refractivity contribution in [3.63, 3.8) is 0 Å². The van der Waals surface area contributed by atoms with Crippen LogP contribution in [0.25, 0.3) is 0 Å². The summed E-state index contributed by atoms with van der Waals surface area (Å²) in [5.74, 6) is 0.668. The van der Waals surface area contributed by atoms with E-state index in [1.807, 2.05) is 13.8 Å². The molecule has 0 unspecified atom stereocenters. The van der Waals surface area contributed by atoms with Crippen molar-refractivity contribution in [3.05, 3.63) is 0 Å². The maximum Gasteiger partial charge on any atom is 0.211 e. The Labute approximate surface area is 98.5 Å². The van der Waals surface area contributed by atoms with Crippen molar-refractivity contribution in [2.24, 2.45) is 11.3 Å². The SMILES string of the molecule is CC(C)(CCCO)CNS(=O)(=O)CC1CC1. The Morgan fingerprint density at radius 3 is 2.50 bits per heavy atom. The normalized spacial score (nSPS) is 17.7. The number of sulfonamides is 1. The molecule has 5 heteroatoms. The van der Waals surface area contributed by atoms with Crippen LogP contribution in [0.5, 0.6) is 0 Å². The molecule has 0 atom stereocenters. The predicted molar refractivity (Wildman–Crippen MR) is 64.6 cm³/mol. The van der Waals surface area contributed by atoms with Gasteiger partial charge in [-0.25, -0.2) is 13.1 Å². The minimum Gasteiger partial charge on any atom is -0.396 e. The second-order valence-electron chi connectivity index (χ2n) is 5.54. The van der Waals surface area contributed by atoms with Gasteiger partial charge in [0.1, 0.15) is 0 Å². The van der Waals surface area contributed by atoms with E-state index in [9.17, 15) is 8.42 Å². The van der Waals surface area contributed by atoms with Gasteiger partial charge in [0, 0.05) is 13.2 Å². The Morgan fingerprint density at radius 2 is 2.00 bits per heavy atom. The molecule has 1 fully saturated rings. The average molecular weight is 249 g/mol. The van der Waals surface area contributed by atoms with Crippen LogP contribution in [0.15, 0.2) is 0 Å². The van der Waals surface area contributed by atoms with Gasteiger partial charge in [-0.3, -0.25) is 0 Å². The van der Waals surface area contributed by atoms with Crippen LogP contribution in [0, 0.1) is 11.3 Å². The van der Waals surface area contributed by atoms with E-state index in [4.69, 9.17) is 5.11 Å². The highest BCUT2D eigenvalue weighted by atomic mass is 32.2. The van der Waals surface area contributed by atoms with Gasteiger partial charge in [0.15, 0.2) is 0 Å². The molecule has 2 N–H and O–H groups in total. The first-order valence-electron chi connectivity index (χ1n) is 5.93. The van der Waals surface area contributed by atoms with Crippen molar-refractivity contribution in [3.8, 4) is 0 Å². The zero-order valence-corrected chi connectivity index (χ0v) is 11.0. The molecule has 0 aromatic heterocycles. The number of nitrogens with one attached hydrogen (secondary N) is 1. The van der Waals surface area contributed by atoms with Gasteiger partial charge < -0.3 is 5.11 Å². The molecular formula is C11H23NO3S. The second-order valence-corrected chi connectivity index (χ2v) is 7.39. The number of hydrogen-bond donors (Lipinski definition) is 2. The van der Waals surface area contributed by atoms with E-state index in [1.165, 1.54) is 0 Å². The maximum absolute atomic E-state index is 11.6. The van der Waals surface area contributed by atoms with Gasteiger partial charge >= 0.3 is 0 Å². The summed E-state index contributed by atoms with van der Waals surface area (Å²) in [6, 6.07) is 0. The molecule has 0 spiro atoms. The third-order valence-electron chi connectivity index (χ3n) is 2.93. The van der Waals surface area contributed by atoms with Crippen LogP contribution >= 0.6 is 0 Å². The van der Waals surface area contributed by atoms with E-state index in [1.54, 1.807) is 0 Å². The molecule has 1 rings (SSSR count). The Kier molecular flexibility index (Phi) is 4.76. The van der Waals surface area contributed by atoms with E-state index >= 15 is 0 Å². The predicted octanol–water partition coefficient (Wildman–Crippen LogP) is 1.11. The lowest BCUT2D eigenvalue weighted by molar-refractivity contribution is 0.242. The van der Waals surface area contributed by atoms with Crippen LogP contribution in [0.1, 0.15) is 39.5 Å². The van der Waals surface area contributed by atoms with Crippen molar-refractivity contribution >= 4 is 10.0 Å². The van der Waals surface area contributed by atoms with Gasteiger partial charge in [-0.05, 0) is 37.0 Å². The summed E-state index contributed by atoms with van der Waals surface area (Å²) < 4.78 is 26.0. The van der Waals surface area contributed by atoms with Crippen LogP contribution in [-0.2, 0) is 10.0 Å². The highest BCUT2D eigenvalue weighted by Gasteiger charge is 2.29. The molecule has 0 bridgehead atoms. The van der Waals surface area contributed by atoms with Crippen molar-refractivity contribution < 1.29 is 13.5 Å². The third-order valence-corrected chi connectivity index (χ3v) is 4.43. The summed E-state index contributed by atoms with van der Waals surface area (Å²) >= 11 is 0. The summed E-state index contributed by atoms with van der Waals surface area (Å²) in [6.45, 7) is 4.66. The van der Waals surface area contributed by atoms with Crippen LogP contribution in [0.3, 0.4) is 0 Å². The topological polar surface area (TPSA) is 66.4 Å².